The molecule has 206 valence electrons. The number of thiazole rings is 1. The minimum absolute atomic E-state index is 0.156. The molecule has 5 rings (SSSR count). The first-order valence-electron chi connectivity index (χ1n) is 12.6. The molecule has 4 aromatic rings. The van der Waals surface area contributed by atoms with Gasteiger partial charge in [0.1, 0.15) is 5.76 Å². The number of nitrogens with one attached hydrogen (secondary N) is 1. The average molecular weight is 596 g/mol. The van der Waals surface area contributed by atoms with Crippen molar-refractivity contribution >= 4 is 46.7 Å². The highest BCUT2D eigenvalue weighted by molar-refractivity contribution is 7.99. The number of hydrogen-bond acceptors (Lipinski definition) is 8. The highest BCUT2D eigenvalue weighted by Gasteiger charge is 2.34. The standard InChI is InChI=1S/C28H26ClN5O4S2/c1-5-33(6-2)26(37)23-16(4)31-28-34(24(23)17-7-9-18(29)10-8-17)25(36)20(39-28)14-19-11-12-22(38-19)40-27-30-15(3)13-21(35)32-27/h7-14,24H,5-6H2,1-4H3,(H,30,32,35)/b20-14-/t24-/m0/s1. The maximum Gasteiger partial charge on any atom is 0.271 e. The van der Waals surface area contributed by atoms with Gasteiger partial charge in [0.25, 0.3) is 17.0 Å². The Bertz CT molecular complexity index is 1860. The number of aromatic amines is 1. The summed E-state index contributed by atoms with van der Waals surface area (Å²) in [6, 6.07) is 11.4. The molecule has 1 atom stereocenters. The molecule has 3 aromatic heterocycles. The summed E-state index contributed by atoms with van der Waals surface area (Å²) in [6.45, 7) is 8.46. The maximum absolute atomic E-state index is 13.8. The lowest BCUT2D eigenvalue weighted by Gasteiger charge is -2.29. The van der Waals surface area contributed by atoms with Crippen LogP contribution in [0.5, 0.6) is 0 Å². The first-order valence-corrected chi connectivity index (χ1v) is 14.6. The second-order valence-electron chi connectivity index (χ2n) is 9.06. The monoisotopic (exact) mass is 595 g/mol. The van der Waals surface area contributed by atoms with Crippen LogP contribution in [0, 0.1) is 6.92 Å². The molecule has 1 N–H and O–H groups in total. The second-order valence-corrected chi connectivity index (χ2v) is 11.5. The molecule has 0 bridgehead atoms. The number of aromatic nitrogens is 3. The van der Waals surface area contributed by atoms with Crippen LogP contribution in [0.1, 0.15) is 43.8 Å². The van der Waals surface area contributed by atoms with Gasteiger partial charge in [-0.1, -0.05) is 35.1 Å². The minimum atomic E-state index is -0.657. The van der Waals surface area contributed by atoms with Crippen molar-refractivity contribution in [3.05, 3.63) is 106 Å². The first kappa shape index (κ1) is 27.9. The second kappa shape index (κ2) is 11.4. The van der Waals surface area contributed by atoms with Gasteiger partial charge < -0.3 is 14.3 Å². The van der Waals surface area contributed by atoms with Crippen molar-refractivity contribution < 1.29 is 9.21 Å². The number of likely N-dealkylation sites (N-methyl/N-ethyl adjacent to an activating group) is 1. The molecule has 1 aliphatic rings. The van der Waals surface area contributed by atoms with E-state index in [4.69, 9.17) is 16.0 Å². The Labute approximate surface area is 242 Å². The quantitative estimate of drug-likeness (QED) is 0.324. The maximum atomic E-state index is 13.8. The van der Waals surface area contributed by atoms with Crippen LogP contribution in [-0.2, 0) is 4.79 Å². The van der Waals surface area contributed by atoms with Gasteiger partial charge in [-0.05, 0) is 69.3 Å². The number of rotatable bonds is 7. The van der Waals surface area contributed by atoms with Gasteiger partial charge in [-0.25, -0.2) is 9.98 Å². The fourth-order valence-electron chi connectivity index (χ4n) is 4.53. The third-order valence-corrected chi connectivity index (χ3v) is 8.45. The van der Waals surface area contributed by atoms with E-state index in [0.717, 1.165) is 5.56 Å². The van der Waals surface area contributed by atoms with Crippen molar-refractivity contribution in [2.24, 2.45) is 4.99 Å². The molecule has 0 saturated carbocycles. The van der Waals surface area contributed by atoms with E-state index >= 15 is 0 Å². The third-order valence-electron chi connectivity index (χ3n) is 6.41. The number of carbonyl (C=O) groups excluding carboxylic acids is 1. The Balaban J connectivity index is 1.58. The molecule has 0 unspecified atom stereocenters. The van der Waals surface area contributed by atoms with Gasteiger partial charge in [-0.15, -0.1) is 0 Å². The van der Waals surface area contributed by atoms with E-state index in [2.05, 4.69) is 15.0 Å². The summed E-state index contributed by atoms with van der Waals surface area (Å²) in [5.41, 5.74) is 1.87. The molecule has 1 amide bonds. The van der Waals surface area contributed by atoms with Gasteiger partial charge >= 0.3 is 0 Å². The van der Waals surface area contributed by atoms with E-state index in [0.29, 0.717) is 60.4 Å². The van der Waals surface area contributed by atoms with Crippen LogP contribution in [0.4, 0.5) is 0 Å². The number of H-pyrrole nitrogens is 1. The largest absolute Gasteiger partial charge is 0.450 e. The van der Waals surface area contributed by atoms with Crippen molar-refractivity contribution in [1.29, 1.82) is 0 Å². The molecule has 4 heterocycles. The average Bonchev–Trinajstić information content (AvgIpc) is 3.47. The summed E-state index contributed by atoms with van der Waals surface area (Å²) in [7, 11) is 0. The van der Waals surface area contributed by atoms with Crippen molar-refractivity contribution in [3.63, 3.8) is 0 Å². The number of allylic oxidation sites excluding steroid dienone is 1. The molecule has 9 nitrogen and oxygen atoms in total. The topological polar surface area (TPSA) is 114 Å². The number of hydrogen-bond donors (Lipinski definition) is 1. The van der Waals surface area contributed by atoms with Gasteiger partial charge in [0, 0.05) is 35.9 Å². The van der Waals surface area contributed by atoms with E-state index in [-0.39, 0.29) is 17.0 Å². The first-order chi connectivity index (χ1) is 19.2. The number of nitrogens with zero attached hydrogens (tertiary/aromatic N) is 4. The van der Waals surface area contributed by atoms with Crippen molar-refractivity contribution in [3.8, 4) is 0 Å². The van der Waals surface area contributed by atoms with E-state index in [1.165, 1.54) is 29.2 Å². The van der Waals surface area contributed by atoms with Crippen LogP contribution < -0.4 is 20.5 Å². The SMILES string of the molecule is CCN(CC)C(=O)C1=C(C)N=c2s/c(=C\c3ccc(Sc4nc(C)cc(=O)[nH]4)o3)c(=O)n2[C@H]1c1ccc(Cl)cc1. The van der Waals surface area contributed by atoms with Crippen LogP contribution >= 0.6 is 34.7 Å². The van der Waals surface area contributed by atoms with Crippen LogP contribution in [0.2, 0.25) is 5.02 Å². The van der Waals surface area contributed by atoms with Crippen molar-refractivity contribution in [1.82, 2.24) is 19.4 Å². The van der Waals surface area contributed by atoms with E-state index in [1.807, 2.05) is 26.0 Å². The number of amides is 1. The molecule has 0 radical (unpaired) electrons. The molecular formula is C28H26ClN5O4S2. The van der Waals surface area contributed by atoms with Crippen molar-refractivity contribution in [2.45, 2.75) is 44.0 Å². The minimum Gasteiger partial charge on any atom is -0.450 e. The van der Waals surface area contributed by atoms with Crippen LogP contribution in [0.15, 0.2) is 83.0 Å². The lowest BCUT2D eigenvalue weighted by Crippen LogP contribution is -2.43. The van der Waals surface area contributed by atoms with Gasteiger partial charge in [0.2, 0.25) is 0 Å². The van der Waals surface area contributed by atoms with Gasteiger partial charge in [0.15, 0.2) is 15.1 Å². The zero-order valence-electron chi connectivity index (χ0n) is 22.2. The van der Waals surface area contributed by atoms with Crippen LogP contribution in [0.3, 0.4) is 0 Å². The smallest absolute Gasteiger partial charge is 0.271 e. The summed E-state index contributed by atoms with van der Waals surface area (Å²) in [6.07, 6.45) is 1.66. The molecule has 40 heavy (non-hydrogen) atoms. The van der Waals surface area contributed by atoms with Gasteiger partial charge in [0.05, 0.1) is 21.8 Å². The molecule has 0 fully saturated rings. The molecular weight excluding hydrogens is 570 g/mol. The highest BCUT2D eigenvalue weighted by Crippen LogP contribution is 2.32. The Morgan fingerprint density at radius 2 is 1.90 bits per heavy atom. The predicted octanol–water partition coefficient (Wildman–Crippen LogP) is 3.89. The van der Waals surface area contributed by atoms with Gasteiger partial charge in [-0.3, -0.25) is 19.0 Å². The molecule has 0 aliphatic carbocycles. The Hall–Kier alpha value is -3.67. The number of fused-ring (bicyclic) bond motifs is 1. The Morgan fingerprint density at radius 3 is 2.58 bits per heavy atom. The highest BCUT2D eigenvalue weighted by atomic mass is 35.5. The normalized spacial score (nSPS) is 15.2. The molecule has 12 heteroatoms. The number of aryl methyl sites for hydroxylation is 1. The third kappa shape index (κ3) is 5.49. The zero-order chi connectivity index (χ0) is 28.6. The zero-order valence-corrected chi connectivity index (χ0v) is 24.6. The number of benzene rings is 1. The lowest BCUT2D eigenvalue weighted by molar-refractivity contribution is -0.127. The Morgan fingerprint density at radius 1 is 1.18 bits per heavy atom. The fraction of sp³-hybridized carbons (Fsp3) is 0.250. The van der Waals surface area contributed by atoms with Crippen LogP contribution in [0.25, 0.3) is 6.08 Å². The predicted molar refractivity (Wildman–Crippen MR) is 156 cm³/mol. The summed E-state index contributed by atoms with van der Waals surface area (Å²) in [5.74, 6) is 0.303. The van der Waals surface area contributed by atoms with Gasteiger partial charge in [-0.2, -0.15) is 0 Å². The summed E-state index contributed by atoms with van der Waals surface area (Å²) >= 11 is 8.56. The summed E-state index contributed by atoms with van der Waals surface area (Å²) < 4.78 is 7.90. The molecule has 0 spiro atoms. The van der Waals surface area contributed by atoms with Crippen LogP contribution in [-0.4, -0.2) is 38.4 Å². The summed E-state index contributed by atoms with van der Waals surface area (Å²) in [5, 5.41) is 1.48. The lowest BCUT2D eigenvalue weighted by atomic mass is 9.94. The van der Waals surface area contributed by atoms with E-state index < -0.39 is 6.04 Å². The number of carbonyl (C=O) groups is 1. The fourth-order valence-corrected chi connectivity index (χ4v) is 6.49. The van der Waals surface area contributed by atoms with E-state index in [9.17, 15) is 14.4 Å². The van der Waals surface area contributed by atoms with Crippen molar-refractivity contribution in [2.75, 3.05) is 13.1 Å². The Kier molecular flexibility index (Phi) is 7.97. The number of halogens is 1. The molecule has 0 saturated heterocycles. The number of furan rings is 1. The molecule has 1 aromatic carbocycles. The van der Waals surface area contributed by atoms with E-state index in [1.54, 1.807) is 53.7 Å². The summed E-state index contributed by atoms with van der Waals surface area (Å²) in [4.78, 5) is 53.1. The molecule has 1 aliphatic heterocycles.